The summed E-state index contributed by atoms with van der Waals surface area (Å²) in [6.07, 6.45) is -1.13. The highest BCUT2D eigenvalue weighted by Crippen LogP contribution is 2.17. The molecule has 0 aromatic rings. The molecule has 0 bridgehead atoms. The highest BCUT2D eigenvalue weighted by molar-refractivity contribution is 5.77. The minimum absolute atomic E-state index is 0.148. The van der Waals surface area contributed by atoms with Crippen LogP contribution in [-0.2, 0) is 23.8 Å². The number of carbonyl (C=O) groups excluding carboxylic acids is 2. The van der Waals surface area contributed by atoms with E-state index in [4.69, 9.17) is 14.2 Å². The Morgan fingerprint density at radius 2 is 1.57 bits per heavy atom. The second-order valence-corrected chi connectivity index (χ2v) is 7.20. The van der Waals surface area contributed by atoms with Gasteiger partial charge in [-0.1, -0.05) is 20.8 Å². The van der Waals surface area contributed by atoms with Crippen molar-refractivity contribution in [3.63, 3.8) is 0 Å². The minimum atomic E-state index is -1.42. The molecule has 3 N–H and O–H groups in total. The lowest BCUT2D eigenvalue weighted by molar-refractivity contribution is -0.136. The Balaban J connectivity index is 3.69. The van der Waals surface area contributed by atoms with E-state index in [1.54, 1.807) is 20.8 Å². The summed E-state index contributed by atoms with van der Waals surface area (Å²) in [5, 5.41) is 8.37. The van der Waals surface area contributed by atoms with Gasteiger partial charge in [-0.05, 0) is 13.8 Å². The lowest BCUT2D eigenvalue weighted by Crippen LogP contribution is -2.45. The van der Waals surface area contributed by atoms with E-state index in [1.165, 1.54) is 0 Å². The van der Waals surface area contributed by atoms with E-state index in [0.717, 1.165) is 6.54 Å². The molecule has 0 fully saturated rings. The summed E-state index contributed by atoms with van der Waals surface area (Å²) < 4.78 is 30.3. The molecule has 0 spiro atoms. The molecule has 0 rings (SSSR count). The normalized spacial score (nSPS) is 12.8. The Morgan fingerprint density at radius 1 is 0.964 bits per heavy atom. The van der Waals surface area contributed by atoms with Crippen molar-refractivity contribution in [1.82, 2.24) is 16.0 Å². The summed E-state index contributed by atoms with van der Waals surface area (Å²) in [6.45, 7) is 11.6. The molecule has 0 aliphatic carbocycles. The molecule has 0 heterocycles. The van der Waals surface area contributed by atoms with Gasteiger partial charge in [0, 0.05) is 25.6 Å². The number of rotatable bonds is 17. The fraction of sp³-hybridized carbons (Fsp3) is 0.895. The first-order valence-corrected chi connectivity index (χ1v) is 9.89. The van der Waals surface area contributed by atoms with E-state index < -0.39 is 11.8 Å². The molecule has 0 aliphatic rings. The highest BCUT2D eigenvalue weighted by Gasteiger charge is 2.31. The summed E-state index contributed by atoms with van der Waals surface area (Å²) in [7, 11) is 0. The van der Waals surface area contributed by atoms with E-state index in [2.05, 4.69) is 29.8 Å². The number of alkyl halides is 1. The maximum absolute atomic E-state index is 14.2. The highest BCUT2D eigenvalue weighted by atomic mass is 19.1. The second-order valence-electron chi connectivity index (χ2n) is 7.20. The molecule has 0 aromatic carbocycles. The van der Waals surface area contributed by atoms with Crippen molar-refractivity contribution in [3.05, 3.63) is 0 Å². The van der Waals surface area contributed by atoms with Crippen LogP contribution in [0.15, 0.2) is 0 Å². The molecule has 0 radical (unpaired) electrons. The summed E-state index contributed by atoms with van der Waals surface area (Å²) in [6, 6.07) is 0.440. The molecular weight excluding hydrogens is 369 g/mol. The summed E-state index contributed by atoms with van der Waals surface area (Å²) in [5.41, 5.74) is -1.18. The van der Waals surface area contributed by atoms with Crippen LogP contribution in [0.4, 0.5) is 4.39 Å². The number of ether oxygens (including phenoxy) is 3. The van der Waals surface area contributed by atoms with Crippen LogP contribution < -0.4 is 16.0 Å². The van der Waals surface area contributed by atoms with Crippen molar-refractivity contribution >= 4 is 11.8 Å². The zero-order valence-corrected chi connectivity index (χ0v) is 17.9. The molecule has 9 heteroatoms. The van der Waals surface area contributed by atoms with Gasteiger partial charge in [0.25, 0.3) is 0 Å². The van der Waals surface area contributed by atoms with Crippen LogP contribution in [0.3, 0.4) is 0 Å². The smallest absolute Gasteiger partial charge is 0.246 e. The fourth-order valence-corrected chi connectivity index (χ4v) is 1.97. The van der Waals surface area contributed by atoms with Crippen molar-refractivity contribution in [3.8, 4) is 0 Å². The van der Waals surface area contributed by atoms with E-state index in [-0.39, 0.29) is 25.0 Å². The van der Waals surface area contributed by atoms with Crippen LogP contribution in [0.25, 0.3) is 0 Å². The van der Waals surface area contributed by atoms with Crippen LogP contribution >= 0.6 is 0 Å². The first-order valence-electron chi connectivity index (χ1n) is 9.89. The van der Waals surface area contributed by atoms with Crippen LogP contribution in [0.1, 0.15) is 41.0 Å². The molecule has 8 nitrogen and oxygen atoms in total. The Hall–Kier alpha value is -1.29. The molecule has 0 saturated carbocycles. The monoisotopic (exact) mass is 407 g/mol. The molecule has 0 saturated heterocycles. The third kappa shape index (κ3) is 14.7. The number of halogens is 1. The number of hydrogen-bond acceptors (Lipinski definition) is 6. The number of carbonyl (C=O) groups is 2. The molecule has 2 amide bonds. The van der Waals surface area contributed by atoms with Crippen molar-refractivity contribution < 1.29 is 28.2 Å². The molecule has 1 atom stereocenters. The lowest BCUT2D eigenvalue weighted by Gasteiger charge is -2.29. The van der Waals surface area contributed by atoms with Gasteiger partial charge in [0.05, 0.1) is 38.6 Å². The number of amides is 2. The van der Waals surface area contributed by atoms with Crippen LogP contribution in [-0.4, -0.2) is 82.3 Å². The summed E-state index contributed by atoms with van der Waals surface area (Å²) in [4.78, 5) is 23.0. The van der Waals surface area contributed by atoms with Crippen molar-refractivity contribution in [2.45, 2.75) is 58.9 Å². The first-order chi connectivity index (χ1) is 13.2. The standard InChI is InChI=1S/C19H38FN3O5/c1-6-17(24)23-13-16(20)19(4,5)28-14-18(25)22-8-10-27-12-11-26-9-7-21-15(2)3/h15-16,21H,6-14H2,1-5H3,(H,22,25)(H,23,24). The van der Waals surface area contributed by atoms with Crippen molar-refractivity contribution in [1.29, 1.82) is 0 Å². The van der Waals surface area contributed by atoms with Crippen LogP contribution in [0.2, 0.25) is 0 Å². The second kappa shape index (κ2) is 15.6. The predicted molar refractivity (Wildman–Crippen MR) is 106 cm³/mol. The molecule has 0 aromatic heterocycles. The molecular formula is C19H38FN3O5. The van der Waals surface area contributed by atoms with Gasteiger partial charge in [-0.3, -0.25) is 9.59 Å². The Morgan fingerprint density at radius 3 is 2.14 bits per heavy atom. The topological polar surface area (TPSA) is 97.9 Å². The van der Waals surface area contributed by atoms with E-state index in [1.807, 2.05) is 0 Å². The molecule has 166 valence electrons. The molecule has 28 heavy (non-hydrogen) atoms. The average molecular weight is 408 g/mol. The van der Waals surface area contributed by atoms with Gasteiger partial charge in [0.2, 0.25) is 11.8 Å². The lowest BCUT2D eigenvalue weighted by atomic mass is 10.0. The van der Waals surface area contributed by atoms with Gasteiger partial charge in [-0.2, -0.15) is 0 Å². The average Bonchev–Trinajstić information content (AvgIpc) is 2.65. The van der Waals surface area contributed by atoms with Gasteiger partial charge in [-0.25, -0.2) is 4.39 Å². The zero-order valence-electron chi connectivity index (χ0n) is 17.9. The predicted octanol–water partition coefficient (Wildman–Crippen LogP) is 0.793. The first kappa shape index (κ1) is 26.7. The summed E-state index contributed by atoms with van der Waals surface area (Å²) in [5.74, 6) is -0.578. The molecule has 1 unspecified atom stereocenters. The Kier molecular flexibility index (Phi) is 14.9. The summed E-state index contributed by atoms with van der Waals surface area (Å²) >= 11 is 0. The maximum Gasteiger partial charge on any atom is 0.246 e. The SMILES string of the molecule is CCC(=O)NCC(F)C(C)(C)OCC(=O)NCCOCCOCCNC(C)C. The van der Waals surface area contributed by atoms with Crippen LogP contribution in [0.5, 0.6) is 0 Å². The largest absolute Gasteiger partial charge is 0.378 e. The van der Waals surface area contributed by atoms with Crippen molar-refractivity contribution in [2.24, 2.45) is 0 Å². The molecule has 0 aliphatic heterocycles. The van der Waals surface area contributed by atoms with Crippen molar-refractivity contribution in [2.75, 3.05) is 52.7 Å². The van der Waals surface area contributed by atoms with Gasteiger partial charge in [-0.15, -0.1) is 0 Å². The minimum Gasteiger partial charge on any atom is -0.378 e. The number of hydrogen-bond donors (Lipinski definition) is 3. The Labute approximate surface area is 168 Å². The number of nitrogens with one attached hydrogen (secondary N) is 3. The van der Waals surface area contributed by atoms with E-state index >= 15 is 0 Å². The van der Waals surface area contributed by atoms with Gasteiger partial charge >= 0.3 is 0 Å². The Bertz CT molecular complexity index is 436. The van der Waals surface area contributed by atoms with Gasteiger partial charge < -0.3 is 30.2 Å². The third-order valence-electron chi connectivity index (χ3n) is 3.87. The third-order valence-corrected chi connectivity index (χ3v) is 3.87. The van der Waals surface area contributed by atoms with E-state index in [9.17, 15) is 14.0 Å². The van der Waals surface area contributed by atoms with E-state index in [0.29, 0.717) is 45.4 Å². The van der Waals surface area contributed by atoms with Gasteiger partial charge in [0.15, 0.2) is 0 Å². The quantitative estimate of drug-likeness (QED) is 0.309. The maximum atomic E-state index is 14.2. The van der Waals surface area contributed by atoms with Crippen LogP contribution in [0, 0.1) is 0 Å². The van der Waals surface area contributed by atoms with Gasteiger partial charge in [0.1, 0.15) is 12.8 Å². The fourth-order valence-electron chi connectivity index (χ4n) is 1.97. The zero-order chi connectivity index (χ0) is 21.4.